The molecular weight excluding hydrogens is 214 g/mol. The number of aromatic carboxylic acids is 1. The molecule has 0 aliphatic rings. The molecule has 0 fully saturated rings. The fraction of sp³-hybridized carbons (Fsp3) is 0.500. The zero-order valence-electron chi connectivity index (χ0n) is 8.66. The summed E-state index contributed by atoms with van der Waals surface area (Å²) in [5, 5.41) is 13.8. The molecule has 0 spiro atoms. The molecule has 2 N–H and O–H groups in total. The van der Waals surface area contributed by atoms with E-state index >= 15 is 0 Å². The summed E-state index contributed by atoms with van der Waals surface area (Å²) in [6.45, 7) is 2.17. The van der Waals surface area contributed by atoms with E-state index in [1.807, 2.05) is 6.07 Å². The van der Waals surface area contributed by atoms with Crippen molar-refractivity contribution in [2.45, 2.75) is 13.0 Å². The van der Waals surface area contributed by atoms with E-state index in [-0.39, 0.29) is 0 Å². The van der Waals surface area contributed by atoms with Crippen molar-refractivity contribution >= 4 is 17.3 Å². The van der Waals surface area contributed by atoms with Crippen molar-refractivity contribution in [3.05, 3.63) is 21.9 Å². The van der Waals surface area contributed by atoms with Crippen LogP contribution in [0.15, 0.2) is 11.4 Å². The molecule has 0 atom stereocenters. The second-order valence-corrected chi connectivity index (χ2v) is 4.02. The molecule has 1 aromatic rings. The highest BCUT2D eigenvalue weighted by Gasteiger charge is 2.10. The minimum atomic E-state index is -0.848. The average molecular weight is 229 g/mol. The van der Waals surface area contributed by atoms with Crippen LogP contribution in [0.1, 0.15) is 21.7 Å². The molecule has 0 aromatic carbocycles. The molecule has 0 aliphatic heterocycles. The molecule has 0 aliphatic carbocycles. The fourth-order valence-corrected chi connectivity index (χ4v) is 1.99. The smallest absolute Gasteiger partial charge is 0.346 e. The van der Waals surface area contributed by atoms with Gasteiger partial charge < -0.3 is 15.2 Å². The highest BCUT2D eigenvalue weighted by Crippen LogP contribution is 2.16. The molecule has 0 amide bonds. The van der Waals surface area contributed by atoms with Gasteiger partial charge in [-0.1, -0.05) is 0 Å². The van der Waals surface area contributed by atoms with Gasteiger partial charge in [0.1, 0.15) is 4.88 Å². The zero-order chi connectivity index (χ0) is 11.1. The first-order chi connectivity index (χ1) is 7.25. The van der Waals surface area contributed by atoms with Gasteiger partial charge in [-0.25, -0.2) is 4.79 Å². The monoisotopic (exact) mass is 229 g/mol. The predicted octanol–water partition coefficient (Wildman–Crippen LogP) is 1.57. The van der Waals surface area contributed by atoms with Gasteiger partial charge in [0, 0.05) is 20.3 Å². The molecule has 1 heterocycles. The first kappa shape index (κ1) is 12.2. The molecule has 0 bridgehead atoms. The van der Waals surface area contributed by atoms with E-state index < -0.39 is 5.97 Å². The van der Waals surface area contributed by atoms with Gasteiger partial charge in [-0.05, 0) is 30.0 Å². The Hall–Kier alpha value is -0.910. The number of hydrogen-bond acceptors (Lipinski definition) is 4. The van der Waals surface area contributed by atoms with E-state index in [4.69, 9.17) is 9.84 Å². The van der Waals surface area contributed by atoms with Gasteiger partial charge in [0.05, 0.1) is 0 Å². The third kappa shape index (κ3) is 3.99. The summed E-state index contributed by atoms with van der Waals surface area (Å²) < 4.78 is 4.91. The van der Waals surface area contributed by atoms with Gasteiger partial charge in [0.25, 0.3) is 0 Å². The summed E-state index contributed by atoms with van der Waals surface area (Å²) >= 11 is 1.26. The van der Waals surface area contributed by atoms with Crippen molar-refractivity contribution in [2.75, 3.05) is 20.3 Å². The number of carboxylic acid groups (broad SMARTS) is 1. The largest absolute Gasteiger partial charge is 0.477 e. The van der Waals surface area contributed by atoms with Gasteiger partial charge >= 0.3 is 5.97 Å². The van der Waals surface area contributed by atoms with E-state index in [9.17, 15) is 4.79 Å². The summed E-state index contributed by atoms with van der Waals surface area (Å²) in [5.41, 5.74) is 0.852. The van der Waals surface area contributed by atoms with Crippen LogP contribution in [0.4, 0.5) is 0 Å². The SMILES string of the molecule is COCCCNCc1ccsc1C(=O)O. The Labute approximate surface area is 92.9 Å². The minimum Gasteiger partial charge on any atom is -0.477 e. The number of nitrogens with one attached hydrogen (secondary N) is 1. The lowest BCUT2D eigenvalue weighted by atomic mass is 10.2. The van der Waals surface area contributed by atoms with Gasteiger partial charge in [-0.2, -0.15) is 0 Å². The van der Waals surface area contributed by atoms with Gasteiger partial charge in [0.2, 0.25) is 0 Å². The summed E-state index contributed by atoms with van der Waals surface area (Å²) in [6, 6.07) is 1.84. The van der Waals surface area contributed by atoms with Crippen LogP contribution in [0, 0.1) is 0 Å². The molecule has 4 nitrogen and oxygen atoms in total. The number of ether oxygens (including phenoxy) is 1. The molecule has 0 saturated heterocycles. The average Bonchev–Trinajstić information content (AvgIpc) is 2.66. The Balaban J connectivity index is 2.31. The zero-order valence-corrected chi connectivity index (χ0v) is 9.47. The summed E-state index contributed by atoms with van der Waals surface area (Å²) in [6.07, 6.45) is 0.934. The molecule has 15 heavy (non-hydrogen) atoms. The quantitative estimate of drug-likeness (QED) is 0.697. The molecule has 84 valence electrons. The Bertz CT molecular complexity index is 311. The Morgan fingerprint density at radius 1 is 1.67 bits per heavy atom. The summed E-state index contributed by atoms with van der Waals surface area (Å²) in [5.74, 6) is -0.848. The molecule has 1 aromatic heterocycles. The Kier molecular flexibility index (Phi) is 5.31. The number of rotatable bonds is 7. The molecule has 0 saturated carbocycles. The molecule has 0 unspecified atom stereocenters. The number of thiophene rings is 1. The van der Waals surface area contributed by atoms with Crippen molar-refractivity contribution in [2.24, 2.45) is 0 Å². The van der Waals surface area contributed by atoms with Gasteiger partial charge in [-0.3, -0.25) is 0 Å². The highest BCUT2D eigenvalue weighted by molar-refractivity contribution is 7.12. The molecule has 0 radical (unpaired) electrons. The van der Waals surface area contributed by atoms with Crippen molar-refractivity contribution in [1.82, 2.24) is 5.32 Å². The third-order valence-electron chi connectivity index (χ3n) is 1.96. The van der Waals surface area contributed by atoms with Crippen LogP contribution in [0.2, 0.25) is 0 Å². The van der Waals surface area contributed by atoms with E-state index in [1.165, 1.54) is 11.3 Å². The Morgan fingerprint density at radius 3 is 3.13 bits per heavy atom. The predicted molar refractivity (Wildman–Crippen MR) is 59.5 cm³/mol. The fourth-order valence-electron chi connectivity index (χ4n) is 1.23. The van der Waals surface area contributed by atoms with Crippen LogP contribution in [0.5, 0.6) is 0 Å². The first-order valence-electron chi connectivity index (χ1n) is 4.75. The summed E-state index contributed by atoms with van der Waals surface area (Å²) in [4.78, 5) is 11.2. The second-order valence-electron chi connectivity index (χ2n) is 3.10. The minimum absolute atomic E-state index is 0.425. The lowest BCUT2D eigenvalue weighted by Crippen LogP contribution is -2.17. The Morgan fingerprint density at radius 2 is 2.47 bits per heavy atom. The number of carboxylic acids is 1. The van der Waals surface area contributed by atoms with Crippen molar-refractivity contribution < 1.29 is 14.6 Å². The van der Waals surface area contributed by atoms with Crippen LogP contribution < -0.4 is 5.32 Å². The number of hydrogen-bond donors (Lipinski definition) is 2. The van der Waals surface area contributed by atoms with Crippen LogP contribution in [-0.4, -0.2) is 31.3 Å². The van der Waals surface area contributed by atoms with E-state index in [0.29, 0.717) is 11.4 Å². The molecule has 5 heteroatoms. The maximum Gasteiger partial charge on any atom is 0.346 e. The van der Waals surface area contributed by atoms with Gasteiger partial charge in [0.15, 0.2) is 0 Å². The topological polar surface area (TPSA) is 58.6 Å². The molecule has 1 rings (SSSR count). The normalized spacial score (nSPS) is 10.5. The number of methoxy groups -OCH3 is 1. The summed E-state index contributed by atoms with van der Waals surface area (Å²) in [7, 11) is 1.67. The van der Waals surface area contributed by atoms with Gasteiger partial charge in [-0.15, -0.1) is 11.3 Å². The van der Waals surface area contributed by atoms with Crippen molar-refractivity contribution in [3.63, 3.8) is 0 Å². The maximum absolute atomic E-state index is 10.8. The third-order valence-corrected chi connectivity index (χ3v) is 2.90. The van der Waals surface area contributed by atoms with Crippen molar-refractivity contribution in [1.29, 1.82) is 0 Å². The van der Waals surface area contributed by atoms with Crippen molar-refractivity contribution in [3.8, 4) is 0 Å². The van der Waals surface area contributed by atoms with Crippen LogP contribution >= 0.6 is 11.3 Å². The second kappa shape index (κ2) is 6.55. The maximum atomic E-state index is 10.8. The lowest BCUT2D eigenvalue weighted by molar-refractivity contribution is 0.0701. The van der Waals surface area contributed by atoms with Crippen LogP contribution in [0.25, 0.3) is 0 Å². The lowest BCUT2D eigenvalue weighted by Gasteiger charge is -2.03. The van der Waals surface area contributed by atoms with E-state index in [2.05, 4.69) is 5.32 Å². The van der Waals surface area contributed by atoms with Crippen LogP contribution in [-0.2, 0) is 11.3 Å². The number of carbonyl (C=O) groups is 1. The van der Waals surface area contributed by atoms with Crippen LogP contribution in [0.3, 0.4) is 0 Å². The molecular formula is C10H15NO3S. The first-order valence-corrected chi connectivity index (χ1v) is 5.63. The van der Waals surface area contributed by atoms with E-state index in [1.54, 1.807) is 12.5 Å². The van der Waals surface area contributed by atoms with E-state index in [0.717, 1.165) is 25.1 Å². The highest BCUT2D eigenvalue weighted by atomic mass is 32.1. The standard InChI is InChI=1S/C10H15NO3S/c1-14-5-2-4-11-7-8-3-6-15-9(8)10(12)13/h3,6,11H,2,4-5,7H2,1H3,(H,12,13).